The third-order valence-electron chi connectivity index (χ3n) is 2.64. The Hall–Kier alpha value is -1.12. The summed E-state index contributed by atoms with van der Waals surface area (Å²) in [7, 11) is 1.98. The maximum absolute atomic E-state index is 3.59. The highest BCUT2D eigenvalue weighted by atomic mass is 79.9. The highest BCUT2D eigenvalue weighted by Gasteiger charge is 2.13. The van der Waals surface area contributed by atoms with Crippen LogP contribution in [-0.4, -0.2) is 7.05 Å². The lowest BCUT2D eigenvalue weighted by atomic mass is 9.99. The Morgan fingerprint density at radius 1 is 0.938 bits per heavy atom. The van der Waals surface area contributed by atoms with Gasteiger partial charge in [0.05, 0.1) is 6.04 Å². The van der Waals surface area contributed by atoms with Crippen LogP contribution in [-0.2, 0) is 0 Å². The Bertz CT molecular complexity index is 453. The zero-order valence-corrected chi connectivity index (χ0v) is 10.7. The average Bonchev–Trinajstić information content (AvgIpc) is 2.34. The SMILES string of the molecule is CNC(c1ccccc1)c1ccccc1Br. The molecule has 0 bridgehead atoms. The van der Waals surface area contributed by atoms with Gasteiger partial charge in [0.25, 0.3) is 0 Å². The summed E-state index contributed by atoms with van der Waals surface area (Å²) in [4.78, 5) is 0. The summed E-state index contributed by atoms with van der Waals surface area (Å²) >= 11 is 3.59. The van der Waals surface area contributed by atoms with Gasteiger partial charge in [-0.2, -0.15) is 0 Å². The molecular weight excluding hydrogens is 262 g/mol. The number of nitrogens with one attached hydrogen (secondary N) is 1. The first kappa shape index (κ1) is 11.4. The predicted molar refractivity (Wildman–Crippen MR) is 71.5 cm³/mol. The van der Waals surface area contributed by atoms with Gasteiger partial charge < -0.3 is 5.32 Å². The van der Waals surface area contributed by atoms with Gasteiger partial charge in [0.15, 0.2) is 0 Å². The highest BCUT2D eigenvalue weighted by Crippen LogP contribution is 2.27. The average molecular weight is 276 g/mol. The molecule has 0 aliphatic rings. The van der Waals surface area contributed by atoms with Crippen LogP contribution in [0.1, 0.15) is 17.2 Å². The van der Waals surface area contributed by atoms with Crippen LogP contribution >= 0.6 is 15.9 Å². The standard InChI is InChI=1S/C14H14BrN/c1-16-14(11-7-3-2-4-8-11)12-9-5-6-10-13(12)15/h2-10,14,16H,1H3. The lowest BCUT2D eigenvalue weighted by Gasteiger charge is -2.18. The normalized spacial score (nSPS) is 12.4. The van der Waals surface area contributed by atoms with Crippen molar-refractivity contribution in [2.24, 2.45) is 0 Å². The van der Waals surface area contributed by atoms with Crippen LogP contribution in [0.15, 0.2) is 59.1 Å². The lowest BCUT2D eigenvalue weighted by Crippen LogP contribution is -2.17. The second-order valence-electron chi connectivity index (χ2n) is 3.65. The van der Waals surface area contributed by atoms with Gasteiger partial charge >= 0.3 is 0 Å². The Kier molecular flexibility index (Phi) is 3.75. The molecule has 2 aromatic rings. The van der Waals surface area contributed by atoms with Gasteiger partial charge in [-0.05, 0) is 24.2 Å². The summed E-state index contributed by atoms with van der Waals surface area (Å²) in [6.45, 7) is 0. The largest absolute Gasteiger partial charge is 0.309 e. The van der Waals surface area contributed by atoms with E-state index in [0.717, 1.165) is 4.47 Å². The van der Waals surface area contributed by atoms with Crippen molar-refractivity contribution >= 4 is 15.9 Å². The third-order valence-corrected chi connectivity index (χ3v) is 3.36. The van der Waals surface area contributed by atoms with Crippen LogP contribution in [0.4, 0.5) is 0 Å². The van der Waals surface area contributed by atoms with Crippen molar-refractivity contribution in [3.63, 3.8) is 0 Å². The molecule has 2 rings (SSSR count). The fraction of sp³-hybridized carbons (Fsp3) is 0.143. The molecule has 0 saturated carbocycles. The smallest absolute Gasteiger partial charge is 0.0585 e. The minimum absolute atomic E-state index is 0.233. The van der Waals surface area contributed by atoms with Crippen LogP contribution < -0.4 is 5.32 Å². The summed E-state index contributed by atoms with van der Waals surface area (Å²) in [6.07, 6.45) is 0. The molecule has 0 fully saturated rings. The maximum atomic E-state index is 3.59. The number of halogens is 1. The summed E-state index contributed by atoms with van der Waals surface area (Å²) in [6, 6.07) is 19.0. The first-order valence-electron chi connectivity index (χ1n) is 5.29. The number of hydrogen-bond donors (Lipinski definition) is 1. The van der Waals surface area contributed by atoms with Crippen molar-refractivity contribution < 1.29 is 0 Å². The monoisotopic (exact) mass is 275 g/mol. The zero-order valence-electron chi connectivity index (χ0n) is 9.15. The molecule has 0 spiro atoms. The molecule has 1 unspecified atom stereocenters. The van der Waals surface area contributed by atoms with Crippen LogP contribution in [0, 0.1) is 0 Å². The van der Waals surface area contributed by atoms with Crippen molar-refractivity contribution in [3.8, 4) is 0 Å². The molecule has 0 aliphatic heterocycles. The molecule has 82 valence electrons. The number of rotatable bonds is 3. The van der Waals surface area contributed by atoms with Crippen LogP contribution in [0.5, 0.6) is 0 Å². The van der Waals surface area contributed by atoms with Crippen molar-refractivity contribution in [1.29, 1.82) is 0 Å². The van der Waals surface area contributed by atoms with Gasteiger partial charge in [-0.3, -0.25) is 0 Å². The molecule has 1 atom stereocenters. The molecule has 1 nitrogen and oxygen atoms in total. The Labute approximate surface area is 105 Å². The van der Waals surface area contributed by atoms with E-state index in [-0.39, 0.29) is 6.04 Å². The third kappa shape index (κ3) is 2.34. The van der Waals surface area contributed by atoms with Crippen LogP contribution in [0.2, 0.25) is 0 Å². The van der Waals surface area contributed by atoms with Gasteiger partial charge in [-0.15, -0.1) is 0 Å². The minimum Gasteiger partial charge on any atom is -0.309 e. The van der Waals surface area contributed by atoms with Gasteiger partial charge in [0, 0.05) is 4.47 Å². The highest BCUT2D eigenvalue weighted by molar-refractivity contribution is 9.10. The van der Waals surface area contributed by atoms with Gasteiger partial charge in [-0.25, -0.2) is 0 Å². The van der Waals surface area contributed by atoms with E-state index in [9.17, 15) is 0 Å². The van der Waals surface area contributed by atoms with Crippen molar-refractivity contribution in [3.05, 3.63) is 70.2 Å². The molecule has 0 saturated heterocycles. The van der Waals surface area contributed by atoms with Gasteiger partial charge in [0.1, 0.15) is 0 Å². The summed E-state index contributed by atoms with van der Waals surface area (Å²) in [5.41, 5.74) is 2.54. The summed E-state index contributed by atoms with van der Waals surface area (Å²) < 4.78 is 1.14. The summed E-state index contributed by atoms with van der Waals surface area (Å²) in [5.74, 6) is 0. The van der Waals surface area contributed by atoms with Crippen molar-refractivity contribution in [1.82, 2.24) is 5.32 Å². The molecule has 16 heavy (non-hydrogen) atoms. The Balaban J connectivity index is 2.41. The molecule has 2 heteroatoms. The fourth-order valence-electron chi connectivity index (χ4n) is 1.86. The second kappa shape index (κ2) is 5.28. The molecule has 0 aromatic heterocycles. The minimum atomic E-state index is 0.233. The number of hydrogen-bond acceptors (Lipinski definition) is 1. The topological polar surface area (TPSA) is 12.0 Å². The van der Waals surface area contributed by atoms with Crippen molar-refractivity contribution in [2.45, 2.75) is 6.04 Å². The molecule has 0 aliphatic carbocycles. The Morgan fingerprint density at radius 2 is 1.56 bits per heavy atom. The second-order valence-corrected chi connectivity index (χ2v) is 4.51. The van der Waals surface area contributed by atoms with Crippen LogP contribution in [0.25, 0.3) is 0 Å². The van der Waals surface area contributed by atoms with E-state index in [4.69, 9.17) is 0 Å². The molecular formula is C14H14BrN. The van der Waals surface area contributed by atoms with Crippen molar-refractivity contribution in [2.75, 3.05) is 7.05 Å². The van der Waals surface area contributed by atoms with E-state index >= 15 is 0 Å². The van der Waals surface area contributed by atoms with E-state index in [1.165, 1.54) is 11.1 Å². The predicted octanol–water partition coefficient (Wildman–Crippen LogP) is 3.76. The fourth-order valence-corrected chi connectivity index (χ4v) is 2.37. The molecule has 2 aromatic carbocycles. The Morgan fingerprint density at radius 3 is 2.19 bits per heavy atom. The van der Waals surface area contributed by atoms with Gasteiger partial charge in [-0.1, -0.05) is 64.5 Å². The molecule has 0 heterocycles. The van der Waals surface area contributed by atoms with E-state index in [0.29, 0.717) is 0 Å². The molecule has 0 amide bonds. The van der Waals surface area contributed by atoms with E-state index in [1.807, 2.05) is 19.2 Å². The van der Waals surface area contributed by atoms with E-state index < -0.39 is 0 Å². The molecule has 0 radical (unpaired) electrons. The summed E-state index contributed by atoms with van der Waals surface area (Å²) in [5, 5.41) is 3.35. The lowest BCUT2D eigenvalue weighted by molar-refractivity contribution is 0.689. The zero-order chi connectivity index (χ0) is 11.4. The quantitative estimate of drug-likeness (QED) is 0.900. The first-order chi connectivity index (χ1) is 7.83. The van der Waals surface area contributed by atoms with E-state index in [1.54, 1.807) is 0 Å². The molecule has 1 N–H and O–H groups in total. The number of benzene rings is 2. The maximum Gasteiger partial charge on any atom is 0.0585 e. The van der Waals surface area contributed by atoms with Crippen LogP contribution in [0.3, 0.4) is 0 Å². The first-order valence-corrected chi connectivity index (χ1v) is 6.09. The van der Waals surface area contributed by atoms with E-state index in [2.05, 4.69) is 63.7 Å². The van der Waals surface area contributed by atoms with Gasteiger partial charge in [0.2, 0.25) is 0 Å².